The average molecular weight is 289 g/mol. The maximum absolute atomic E-state index is 11.8. The summed E-state index contributed by atoms with van der Waals surface area (Å²) in [6, 6.07) is 0.728. The van der Waals surface area contributed by atoms with Gasteiger partial charge in [-0.05, 0) is 25.8 Å². The van der Waals surface area contributed by atoms with E-state index in [1.807, 2.05) is 0 Å². The first kappa shape index (κ1) is 14.7. The number of hydrogen-bond donors (Lipinski definition) is 2. The Morgan fingerprint density at radius 1 is 1.26 bits per heavy atom. The van der Waals surface area contributed by atoms with Crippen LogP contribution in [-0.2, 0) is 14.8 Å². The largest absolute Gasteiger partial charge is 0.352 e. The third-order valence-electron chi connectivity index (χ3n) is 3.92. The molecule has 2 fully saturated rings. The van der Waals surface area contributed by atoms with Crippen molar-refractivity contribution in [1.82, 2.24) is 14.9 Å². The van der Waals surface area contributed by atoms with Crippen LogP contribution in [0, 0.1) is 0 Å². The number of rotatable bonds is 5. The van der Waals surface area contributed by atoms with Crippen molar-refractivity contribution in [3.05, 3.63) is 0 Å². The molecule has 0 aromatic heterocycles. The Kier molecular flexibility index (Phi) is 4.81. The topological polar surface area (TPSA) is 78.5 Å². The highest BCUT2D eigenvalue weighted by atomic mass is 32.2. The highest BCUT2D eigenvalue weighted by molar-refractivity contribution is 7.88. The number of nitrogens with one attached hydrogen (secondary N) is 2. The minimum absolute atomic E-state index is 0.0615. The number of carbonyl (C=O) groups excluding carboxylic acids is 1. The van der Waals surface area contributed by atoms with Crippen LogP contribution in [0.2, 0.25) is 0 Å². The molecule has 2 N–H and O–H groups in total. The summed E-state index contributed by atoms with van der Waals surface area (Å²) in [7, 11) is -3.20. The van der Waals surface area contributed by atoms with E-state index in [9.17, 15) is 13.2 Å². The summed E-state index contributed by atoms with van der Waals surface area (Å²) in [5.41, 5.74) is 0. The number of nitrogens with zero attached hydrogens (tertiary/aromatic N) is 1. The van der Waals surface area contributed by atoms with E-state index in [4.69, 9.17) is 0 Å². The van der Waals surface area contributed by atoms with E-state index in [1.165, 1.54) is 12.8 Å². The van der Waals surface area contributed by atoms with Crippen molar-refractivity contribution in [3.63, 3.8) is 0 Å². The van der Waals surface area contributed by atoms with Gasteiger partial charge in [0.1, 0.15) is 0 Å². The number of hydrogen-bond acceptors (Lipinski definition) is 4. The highest BCUT2D eigenvalue weighted by Crippen LogP contribution is 2.27. The molecule has 2 unspecified atom stereocenters. The van der Waals surface area contributed by atoms with Crippen molar-refractivity contribution < 1.29 is 13.2 Å². The Morgan fingerprint density at radius 3 is 2.79 bits per heavy atom. The monoisotopic (exact) mass is 289 g/mol. The van der Waals surface area contributed by atoms with Gasteiger partial charge < -0.3 is 5.32 Å². The van der Waals surface area contributed by atoms with Gasteiger partial charge in [0.2, 0.25) is 15.9 Å². The van der Waals surface area contributed by atoms with E-state index >= 15 is 0 Å². The van der Waals surface area contributed by atoms with Crippen LogP contribution in [0.25, 0.3) is 0 Å². The molecule has 6 nitrogen and oxygen atoms in total. The summed E-state index contributed by atoms with van der Waals surface area (Å²) in [4.78, 5) is 14.3. The Hall–Kier alpha value is -0.660. The molecule has 0 aliphatic carbocycles. The number of carbonyl (C=O) groups is 1. The minimum atomic E-state index is -3.20. The van der Waals surface area contributed by atoms with Crippen molar-refractivity contribution >= 4 is 15.9 Å². The molecule has 0 aromatic rings. The smallest absolute Gasteiger partial charge is 0.221 e. The van der Waals surface area contributed by atoms with Crippen molar-refractivity contribution in [1.29, 1.82) is 0 Å². The minimum Gasteiger partial charge on any atom is -0.352 e. The maximum Gasteiger partial charge on any atom is 0.221 e. The number of fused-ring (bicyclic) bond motifs is 1. The predicted octanol–water partition coefficient (Wildman–Crippen LogP) is -0.331. The van der Waals surface area contributed by atoms with Crippen molar-refractivity contribution in [2.75, 3.05) is 25.9 Å². The molecular weight excluding hydrogens is 266 g/mol. The standard InChI is InChI=1S/C12H23N3O3S/c1-19(17,18)13-7-5-12(16)14-10-6-9-15-8-3-2-4-11(10)15/h10-11,13H,2-9H2,1H3,(H,14,16). The third-order valence-corrected chi connectivity index (χ3v) is 4.65. The van der Waals surface area contributed by atoms with Gasteiger partial charge >= 0.3 is 0 Å². The lowest BCUT2D eigenvalue weighted by molar-refractivity contribution is -0.121. The fourth-order valence-electron chi connectivity index (χ4n) is 3.04. The van der Waals surface area contributed by atoms with Crippen LogP contribution in [0.15, 0.2) is 0 Å². The first-order valence-corrected chi connectivity index (χ1v) is 8.83. The zero-order chi connectivity index (χ0) is 13.9. The van der Waals surface area contributed by atoms with E-state index in [-0.39, 0.29) is 24.9 Å². The van der Waals surface area contributed by atoms with Gasteiger partial charge in [0.25, 0.3) is 0 Å². The van der Waals surface area contributed by atoms with Gasteiger partial charge in [0, 0.05) is 31.6 Å². The molecule has 2 heterocycles. The first-order chi connectivity index (χ1) is 8.96. The maximum atomic E-state index is 11.8. The molecule has 2 aliphatic rings. The van der Waals surface area contributed by atoms with Gasteiger partial charge in [-0.3, -0.25) is 9.69 Å². The highest BCUT2D eigenvalue weighted by Gasteiger charge is 2.35. The van der Waals surface area contributed by atoms with Crippen LogP contribution in [0.5, 0.6) is 0 Å². The predicted molar refractivity (Wildman–Crippen MR) is 73.2 cm³/mol. The molecule has 0 saturated carbocycles. The lowest BCUT2D eigenvalue weighted by Gasteiger charge is -2.32. The van der Waals surface area contributed by atoms with E-state index in [2.05, 4.69) is 14.9 Å². The van der Waals surface area contributed by atoms with E-state index < -0.39 is 10.0 Å². The second-order valence-electron chi connectivity index (χ2n) is 5.48. The molecule has 0 radical (unpaired) electrons. The fourth-order valence-corrected chi connectivity index (χ4v) is 3.52. The van der Waals surface area contributed by atoms with E-state index in [0.717, 1.165) is 32.2 Å². The Morgan fingerprint density at radius 2 is 2.05 bits per heavy atom. The molecule has 0 aromatic carbocycles. The summed E-state index contributed by atoms with van der Waals surface area (Å²) in [6.07, 6.45) is 5.97. The van der Waals surface area contributed by atoms with Gasteiger partial charge in [0.15, 0.2) is 0 Å². The Labute approximate surface area is 115 Å². The molecule has 7 heteroatoms. The lowest BCUT2D eigenvalue weighted by Crippen LogP contribution is -2.47. The zero-order valence-electron chi connectivity index (χ0n) is 11.4. The van der Waals surface area contributed by atoms with E-state index in [0.29, 0.717) is 6.04 Å². The van der Waals surface area contributed by atoms with Gasteiger partial charge in [-0.2, -0.15) is 0 Å². The quantitative estimate of drug-likeness (QED) is 0.726. The Bertz CT molecular complexity index is 424. The average Bonchev–Trinajstić information content (AvgIpc) is 2.71. The molecule has 2 saturated heterocycles. The van der Waals surface area contributed by atoms with Crippen LogP contribution in [0.3, 0.4) is 0 Å². The summed E-state index contributed by atoms with van der Waals surface area (Å²) in [6.45, 7) is 2.38. The van der Waals surface area contributed by atoms with Crippen LogP contribution in [-0.4, -0.2) is 57.2 Å². The fraction of sp³-hybridized carbons (Fsp3) is 0.917. The number of amides is 1. The summed E-state index contributed by atoms with van der Waals surface area (Å²) < 4.78 is 24.1. The summed E-state index contributed by atoms with van der Waals surface area (Å²) in [5.74, 6) is -0.0615. The van der Waals surface area contributed by atoms with Crippen LogP contribution >= 0.6 is 0 Å². The normalized spacial score (nSPS) is 28.1. The summed E-state index contributed by atoms with van der Waals surface area (Å²) in [5, 5.41) is 3.05. The van der Waals surface area contributed by atoms with Crippen molar-refractivity contribution in [3.8, 4) is 0 Å². The molecule has 0 spiro atoms. The lowest BCUT2D eigenvalue weighted by atomic mass is 9.99. The molecular formula is C12H23N3O3S. The number of piperidine rings is 1. The first-order valence-electron chi connectivity index (χ1n) is 6.94. The summed E-state index contributed by atoms with van der Waals surface area (Å²) >= 11 is 0. The molecule has 0 bridgehead atoms. The molecule has 2 atom stereocenters. The second kappa shape index (κ2) is 6.19. The van der Waals surface area contributed by atoms with Gasteiger partial charge in [0.05, 0.1) is 6.26 Å². The van der Waals surface area contributed by atoms with Crippen LogP contribution in [0.4, 0.5) is 0 Å². The molecule has 2 aliphatic heterocycles. The van der Waals surface area contributed by atoms with Gasteiger partial charge in [-0.15, -0.1) is 0 Å². The molecule has 19 heavy (non-hydrogen) atoms. The van der Waals surface area contributed by atoms with Crippen LogP contribution in [0.1, 0.15) is 32.1 Å². The molecule has 1 amide bonds. The SMILES string of the molecule is CS(=O)(=O)NCCC(=O)NC1CCN2CCCCC12. The molecule has 2 rings (SSSR count). The number of sulfonamides is 1. The van der Waals surface area contributed by atoms with Gasteiger partial charge in [-0.25, -0.2) is 13.1 Å². The third kappa shape index (κ3) is 4.43. The van der Waals surface area contributed by atoms with Crippen LogP contribution < -0.4 is 10.0 Å². The zero-order valence-corrected chi connectivity index (χ0v) is 12.2. The van der Waals surface area contributed by atoms with E-state index in [1.54, 1.807) is 0 Å². The van der Waals surface area contributed by atoms with Gasteiger partial charge in [-0.1, -0.05) is 6.42 Å². The molecule has 110 valence electrons. The van der Waals surface area contributed by atoms with Crippen molar-refractivity contribution in [2.24, 2.45) is 0 Å². The van der Waals surface area contributed by atoms with Crippen molar-refractivity contribution in [2.45, 2.75) is 44.2 Å². The second-order valence-corrected chi connectivity index (χ2v) is 7.31. The Balaban J connectivity index is 1.73.